The maximum atomic E-state index is 13.5. The lowest BCUT2D eigenvalue weighted by molar-refractivity contribution is 0.0748. The number of benzene rings is 2. The van der Waals surface area contributed by atoms with Crippen LogP contribution in [0.15, 0.2) is 30.3 Å². The van der Waals surface area contributed by atoms with Gasteiger partial charge in [-0.1, -0.05) is 32.0 Å². The number of piperazine rings is 1. The second-order valence-electron chi connectivity index (χ2n) is 11.0. The van der Waals surface area contributed by atoms with Crippen molar-refractivity contribution in [3.8, 4) is 5.75 Å². The number of likely N-dealkylation sites (N-methyl/N-ethyl adjacent to an activating group) is 1. The van der Waals surface area contributed by atoms with E-state index in [-0.39, 0.29) is 17.7 Å². The summed E-state index contributed by atoms with van der Waals surface area (Å²) in [5.74, 6) is 0.570. The molecule has 1 unspecified atom stereocenters. The number of nitrogens with one attached hydrogen (secondary N) is 1. The molecular formula is C28H39N5O2. The Labute approximate surface area is 209 Å². The largest absolute Gasteiger partial charge is 0.507 e. The van der Waals surface area contributed by atoms with Crippen LogP contribution in [0.1, 0.15) is 65.3 Å². The summed E-state index contributed by atoms with van der Waals surface area (Å²) in [4.78, 5) is 20.3. The van der Waals surface area contributed by atoms with Crippen LogP contribution >= 0.6 is 0 Å². The Morgan fingerprint density at radius 3 is 2.54 bits per heavy atom. The highest BCUT2D eigenvalue weighted by Gasteiger charge is 2.32. The summed E-state index contributed by atoms with van der Waals surface area (Å²) < 4.78 is 0. The van der Waals surface area contributed by atoms with E-state index in [1.165, 1.54) is 16.7 Å². The van der Waals surface area contributed by atoms with Gasteiger partial charge in [0.1, 0.15) is 5.75 Å². The Balaban J connectivity index is 1.30. The first-order valence-corrected chi connectivity index (χ1v) is 13.0. The van der Waals surface area contributed by atoms with Crippen molar-refractivity contribution in [2.24, 2.45) is 5.92 Å². The van der Waals surface area contributed by atoms with Crippen molar-refractivity contribution < 1.29 is 9.90 Å². The number of anilines is 1. The summed E-state index contributed by atoms with van der Waals surface area (Å²) in [7, 11) is 4.21. The van der Waals surface area contributed by atoms with Gasteiger partial charge in [-0.05, 0) is 54.1 Å². The zero-order valence-electron chi connectivity index (χ0n) is 21.5. The molecule has 5 rings (SSSR count). The van der Waals surface area contributed by atoms with Gasteiger partial charge in [-0.25, -0.2) is 5.01 Å². The smallest absolute Gasteiger partial charge is 0.258 e. The summed E-state index contributed by atoms with van der Waals surface area (Å²) in [6.45, 7) is 11.0. The number of carbonyl (C=O) groups is 1. The average molecular weight is 478 g/mol. The van der Waals surface area contributed by atoms with E-state index in [0.29, 0.717) is 24.6 Å². The number of fused-ring (bicyclic) bond motifs is 2. The van der Waals surface area contributed by atoms with E-state index in [4.69, 9.17) is 0 Å². The molecule has 2 aromatic rings. The van der Waals surface area contributed by atoms with E-state index in [9.17, 15) is 9.90 Å². The number of phenols is 1. The van der Waals surface area contributed by atoms with Crippen molar-refractivity contribution in [1.82, 2.24) is 19.7 Å². The van der Waals surface area contributed by atoms with E-state index in [1.54, 1.807) is 6.07 Å². The Morgan fingerprint density at radius 2 is 1.80 bits per heavy atom. The van der Waals surface area contributed by atoms with Gasteiger partial charge in [0, 0.05) is 58.9 Å². The lowest BCUT2D eigenvalue weighted by atomic mass is 9.95. The van der Waals surface area contributed by atoms with Gasteiger partial charge in [-0.2, -0.15) is 0 Å². The number of hydrogen-bond acceptors (Lipinski definition) is 6. The number of hydrazine groups is 1. The van der Waals surface area contributed by atoms with Crippen LogP contribution in [-0.2, 0) is 19.6 Å². The Kier molecular flexibility index (Phi) is 6.75. The summed E-state index contributed by atoms with van der Waals surface area (Å²) in [6, 6.07) is 10.5. The number of rotatable bonds is 6. The molecule has 0 aromatic heterocycles. The second-order valence-corrected chi connectivity index (χ2v) is 11.0. The van der Waals surface area contributed by atoms with Crippen molar-refractivity contribution >= 4 is 11.6 Å². The van der Waals surface area contributed by atoms with Crippen molar-refractivity contribution in [1.29, 1.82) is 0 Å². The number of hydrogen-bond donors (Lipinski definition) is 2. The minimum Gasteiger partial charge on any atom is -0.507 e. The molecule has 3 aliphatic heterocycles. The molecule has 1 fully saturated rings. The molecule has 3 aliphatic rings. The number of amides is 1. The van der Waals surface area contributed by atoms with E-state index in [1.807, 2.05) is 18.0 Å². The summed E-state index contributed by atoms with van der Waals surface area (Å²) in [6.07, 6.45) is 2.12. The van der Waals surface area contributed by atoms with Gasteiger partial charge in [0.25, 0.3) is 5.91 Å². The third-order valence-electron chi connectivity index (χ3n) is 7.82. The molecule has 0 spiro atoms. The highest BCUT2D eigenvalue weighted by molar-refractivity contribution is 5.98. The molecule has 1 amide bonds. The van der Waals surface area contributed by atoms with Gasteiger partial charge >= 0.3 is 0 Å². The highest BCUT2D eigenvalue weighted by atomic mass is 16.3. The van der Waals surface area contributed by atoms with Gasteiger partial charge < -0.3 is 20.3 Å². The Bertz CT molecular complexity index is 1090. The first-order chi connectivity index (χ1) is 16.8. The molecule has 35 heavy (non-hydrogen) atoms. The highest BCUT2D eigenvalue weighted by Crippen LogP contribution is 2.41. The fourth-order valence-corrected chi connectivity index (χ4v) is 5.59. The molecule has 7 nitrogen and oxygen atoms in total. The predicted molar refractivity (Wildman–Crippen MR) is 139 cm³/mol. The quantitative estimate of drug-likeness (QED) is 0.655. The first kappa shape index (κ1) is 24.1. The standard InChI is InChI=1S/C28H39N5O2/c1-19(2)5-8-26-23-14-24(27(34)15-25(23)29-31(26)4)28(35)33-17-21-7-6-20(13-22(21)18-33)16-32-11-9-30(3)10-12-32/h6-7,13-15,19,26,29,34H,5,8-12,16-18H2,1-4H3. The molecule has 2 aromatic carbocycles. The van der Waals surface area contributed by atoms with E-state index in [0.717, 1.165) is 56.8 Å². The van der Waals surface area contributed by atoms with Crippen LogP contribution in [0.2, 0.25) is 0 Å². The molecular weight excluding hydrogens is 438 g/mol. The number of aromatic hydroxyl groups is 1. The molecule has 1 saturated heterocycles. The van der Waals surface area contributed by atoms with Crippen molar-refractivity contribution in [3.05, 3.63) is 58.1 Å². The van der Waals surface area contributed by atoms with Crippen molar-refractivity contribution in [2.45, 2.75) is 52.4 Å². The SMILES string of the molecule is CC(C)CCC1c2cc(C(=O)N3Cc4ccc(CN5CCN(C)CC5)cc4C3)c(O)cc2NN1C. The van der Waals surface area contributed by atoms with Gasteiger partial charge in [-0.3, -0.25) is 9.69 Å². The topological polar surface area (TPSA) is 62.3 Å². The van der Waals surface area contributed by atoms with Gasteiger partial charge in [0.15, 0.2) is 0 Å². The molecule has 0 aliphatic carbocycles. The van der Waals surface area contributed by atoms with Crippen LogP contribution in [0.3, 0.4) is 0 Å². The van der Waals surface area contributed by atoms with Crippen LogP contribution < -0.4 is 5.43 Å². The molecule has 188 valence electrons. The van der Waals surface area contributed by atoms with Crippen molar-refractivity contribution in [3.63, 3.8) is 0 Å². The van der Waals surface area contributed by atoms with E-state index in [2.05, 4.69) is 59.3 Å². The number of nitrogens with zero attached hydrogens (tertiary/aromatic N) is 4. The second kappa shape index (κ2) is 9.80. The molecule has 0 bridgehead atoms. The lowest BCUT2D eigenvalue weighted by Crippen LogP contribution is -2.43. The van der Waals surface area contributed by atoms with Gasteiger partial charge in [0.2, 0.25) is 0 Å². The van der Waals surface area contributed by atoms with Crippen LogP contribution in [0.4, 0.5) is 5.69 Å². The van der Waals surface area contributed by atoms with E-state index < -0.39 is 0 Å². The van der Waals surface area contributed by atoms with E-state index >= 15 is 0 Å². The Hall–Kier alpha value is -2.61. The lowest BCUT2D eigenvalue weighted by Gasteiger charge is -2.32. The summed E-state index contributed by atoms with van der Waals surface area (Å²) >= 11 is 0. The predicted octanol–water partition coefficient (Wildman–Crippen LogP) is 4.05. The molecule has 0 radical (unpaired) electrons. The monoisotopic (exact) mass is 477 g/mol. The summed E-state index contributed by atoms with van der Waals surface area (Å²) in [5.41, 5.74) is 9.48. The van der Waals surface area contributed by atoms with Crippen LogP contribution in [-0.4, -0.2) is 71.0 Å². The third-order valence-corrected chi connectivity index (χ3v) is 7.82. The maximum absolute atomic E-state index is 13.5. The fraction of sp³-hybridized carbons (Fsp3) is 0.536. The fourth-order valence-electron chi connectivity index (χ4n) is 5.59. The number of carbonyl (C=O) groups excluding carboxylic acids is 1. The molecule has 1 atom stereocenters. The normalized spacial score (nSPS) is 20.8. The van der Waals surface area contributed by atoms with Crippen LogP contribution in [0.5, 0.6) is 5.75 Å². The zero-order valence-corrected chi connectivity index (χ0v) is 21.5. The van der Waals surface area contributed by atoms with Gasteiger partial charge in [-0.15, -0.1) is 0 Å². The molecule has 3 heterocycles. The first-order valence-electron chi connectivity index (χ1n) is 13.0. The molecule has 0 saturated carbocycles. The third kappa shape index (κ3) is 5.03. The average Bonchev–Trinajstić information content (AvgIpc) is 3.37. The van der Waals surface area contributed by atoms with Crippen LogP contribution in [0, 0.1) is 5.92 Å². The van der Waals surface area contributed by atoms with Crippen LogP contribution in [0.25, 0.3) is 0 Å². The molecule has 2 N–H and O–H groups in total. The maximum Gasteiger partial charge on any atom is 0.258 e. The minimum absolute atomic E-state index is 0.0471. The number of phenolic OH excluding ortho intramolecular Hbond substituents is 1. The Morgan fingerprint density at radius 1 is 1.06 bits per heavy atom. The van der Waals surface area contributed by atoms with Gasteiger partial charge in [0.05, 0.1) is 17.3 Å². The summed E-state index contributed by atoms with van der Waals surface area (Å²) in [5, 5.41) is 12.8. The molecule has 7 heteroatoms. The minimum atomic E-state index is -0.0979. The zero-order chi connectivity index (χ0) is 24.7. The van der Waals surface area contributed by atoms with Crippen molar-refractivity contribution in [2.75, 3.05) is 45.7 Å².